The van der Waals surface area contributed by atoms with E-state index in [1.807, 2.05) is 30.3 Å². The summed E-state index contributed by atoms with van der Waals surface area (Å²) in [4.78, 5) is 12.2. The van der Waals surface area contributed by atoms with Gasteiger partial charge in [-0.05, 0) is 17.7 Å². The molecule has 2 aromatic carbocycles. The monoisotopic (exact) mass is 342 g/mol. The molecular formula is C18H15ClN2O3. The van der Waals surface area contributed by atoms with E-state index in [1.54, 1.807) is 24.3 Å². The minimum atomic E-state index is -0.517. The van der Waals surface area contributed by atoms with Crippen molar-refractivity contribution in [3.63, 3.8) is 0 Å². The lowest BCUT2D eigenvalue weighted by molar-refractivity contribution is 0.0602. The normalized spacial score (nSPS) is 10.4. The first-order chi connectivity index (χ1) is 11.7. The number of hydrogen-bond donors (Lipinski definition) is 1. The SMILES string of the molecule is COC(=O)c1c(-c2ccc(Cl)cc2)noc1NCc1ccccc1. The van der Waals surface area contributed by atoms with Crippen LogP contribution in [0.15, 0.2) is 59.1 Å². The fraction of sp³-hybridized carbons (Fsp3) is 0.111. The third-order valence-electron chi connectivity index (χ3n) is 3.50. The standard InChI is InChI=1S/C18H15ClN2O3/c1-23-18(22)15-16(13-7-9-14(19)10-8-13)21-24-17(15)20-11-12-5-3-2-4-6-12/h2-10,20H,11H2,1H3. The van der Waals surface area contributed by atoms with E-state index in [0.29, 0.717) is 17.3 Å². The van der Waals surface area contributed by atoms with Crippen molar-refractivity contribution >= 4 is 23.5 Å². The zero-order valence-corrected chi connectivity index (χ0v) is 13.7. The van der Waals surface area contributed by atoms with Gasteiger partial charge in [-0.2, -0.15) is 0 Å². The number of halogens is 1. The average molecular weight is 343 g/mol. The third kappa shape index (κ3) is 3.41. The largest absolute Gasteiger partial charge is 0.465 e. The van der Waals surface area contributed by atoms with Crippen LogP contribution in [0.3, 0.4) is 0 Å². The molecule has 0 atom stereocenters. The number of ether oxygens (including phenoxy) is 1. The van der Waals surface area contributed by atoms with Gasteiger partial charge in [0.05, 0.1) is 7.11 Å². The van der Waals surface area contributed by atoms with Crippen LogP contribution >= 0.6 is 11.6 Å². The Labute approximate surface area is 144 Å². The minimum Gasteiger partial charge on any atom is -0.465 e. The van der Waals surface area contributed by atoms with Gasteiger partial charge in [0.25, 0.3) is 0 Å². The molecule has 122 valence electrons. The van der Waals surface area contributed by atoms with Crippen LogP contribution in [-0.4, -0.2) is 18.2 Å². The number of methoxy groups -OCH3 is 1. The lowest BCUT2D eigenvalue weighted by atomic mass is 10.1. The Hall–Kier alpha value is -2.79. The van der Waals surface area contributed by atoms with Crippen molar-refractivity contribution in [1.82, 2.24) is 5.16 Å². The summed E-state index contributed by atoms with van der Waals surface area (Å²) in [5, 5.41) is 7.71. The Morgan fingerprint density at radius 1 is 1.17 bits per heavy atom. The van der Waals surface area contributed by atoms with Crippen LogP contribution in [0, 0.1) is 0 Å². The Bertz CT molecular complexity index is 829. The number of esters is 1. The second-order valence-corrected chi connectivity index (χ2v) is 5.51. The summed E-state index contributed by atoms with van der Waals surface area (Å²) in [5.74, 6) is -0.243. The molecule has 0 bridgehead atoms. The quantitative estimate of drug-likeness (QED) is 0.696. The summed E-state index contributed by atoms with van der Waals surface area (Å²) in [6, 6.07) is 16.8. The molecule has 3 aromatic rings. The van der Waals surface area contributed by atoms with Gasteiger partial charge in [0.15, 0.2) is 5.56 Å². The van der Waals surface area contributed by atoms with Gasteiger partial charge < -0.3 is 14.6 Å². The van der Waals surface area contributed by atoms with E-state index in [2.05, 4.69) is 10.5 Å². The van der Waals surface area contributed by atoms with Gasteiger partial charge in [-0.15, -0.1) is 0 Å². The van der Waals surface area contributed by atoms with Crippen LogP contribution < -0.4 is 5.32 Å². The number of carbonyl (C=O) groups is 1. The van der Waals surface area contributed by atoms with Gasteiger partial charge in [-0.3, -0.25) is 0 Å². The molecule has 1 heterocycles. The first-order valence-corrected chi connectivity index (χ1v) is 7.68. The van der Waals surface area contributed by atoms with Crippen molar-refractivity contribution in [2.75, 3.05) is 12.4 Å². The summed E-state index contributed by atoms with van der Waals surface area (Å²) in [6.07, 6.45) is 0. The van der Waals surface area contributed by atoms with Crippen molar-refractivity contribution in [2.45, 2.75) is 6.54 Å². The van der Waals surface area contributed by atoms with Crippen LogP contribution in [0.2, 0.25) is 5.02 Å². The number of anilines is 1. The highest BCUT2D eigenvalue weighted by atomic mass is 35.5. The summed E-state index contributed by atoms with van der Waals surface area (Å²) in [7, 11) is 1.32. The van der Waals surface area contributed by atoms with Crippen LogP contribution in [0.4, 0.5) is 5.88 Å². The second kappa shape index (κ2) is 7.19. The Morgan fingerprint density at radius 3 is 2.54 bits per heavy atom. The van der Waals surface area contributed by atoms with E-state index in [9.17, 15) is 4.79 Å². The Kier molecular flexibility index (Phi) is 4.82. The zero-order chi connectivity index (χ0) is 16.9. The fourth-order valence-corrected chi connectivity index (χ4v) is 2.41. The number of aromatic nitrogens is 1. The van der Waals surface area contributed by atoms with Crippen LogP contribution in [0.1, 0.15) is 15.9 Å². The molecule has 0 aliphatic rings. The lowest BCUT2D eigenvalue weighted by Crippen LogP contribution is -2.07. The van der Waals surface area contributed by atoms with E-state index in [0.717, 1.165) is 11.1 Å². The third-order valence-corrected chi connectivity index (χ3v) is 3.75. The molecule has 3 rings (SSSR count). The molecule has 0 amide bonds. The molecule has 1 N–H and O–H groups in total. The summed E-state index contributed by atoms with van der Waals surface area (Å²) >= 11 is 5.90. The number of rotatable bonds is 5. The zero-order valence-electron chi connectivity index (χ0n) is 13.0. The fourth-order valence-electron chi connectivity index (χ4n) is 2.29. The highest BCUT2D eigenvalue weighted by Gasteiger charge is 2.24. The molecular weight excluding hydrogens is 328 g/mol. The summed E-state index contributed by atoms with van der Waals surface area (Å²) in [6.45, 7) is 0.500. The van der Waals surface area contributed by atoms with Crippen molar-refractivity contribution < 1.29 is 14.1 Å². The first kappa shape index (κ1) is 16.1. The molecule has 24 heavy (non-hydrogen) atoms. The second-order valence-electron chi connectivity index (χ2n) is 5.07. The molecule has 0 saturated heterocycles. The number of benzene rings is 2. The number of nitrogens with one attached hydrogen (secondary N) is 1. The lowest BCUT2D eigenvalue weighted by Gasteiger charge is -2.05. The predicted molar refractivity (Wildman–Crippen MR) is 92.1 cm³/mol. The Morgan fingerprint density at radius 2 is 1.88 bits per heavy atom. The molecule has 1 aromatic heterocycles. The molecule has 0 saturated carbocycles. The maximum Gasteiger partial charge on any atom is 0.345 e. The topological polar surface area (TPSA) is 64.4 Å². The molecule has 0 radical (unpaired) electrons. The minimum absolute atomic E-state index is 0.260. The van der Waals surface area contributed by atoms with E-state index < -0.39 is 5.97 Å². The van der Waals surface area contributed by atoms with Crippen LogP contribution in [-0.2, 0) is 11.3 Å². The maximum absolute atomic E-state index is 12.2. The maximum atomic E-state index is 12.2. The van der Waals surface area contributed by atoms with Gasteiger partial charge in [-0.1, -0.05) is 59.2 Å². The van der Waals surface area contributed by atoms with Gasteiger partial charge in [0.2, 0.25) is 5.88 Å². The molecule has 6 heteroatoms. The number of carbonyl (C=O) groups excluding carboxylic acids is 1. The molecule has 0 aliphatic heterocycles. The molecule has 0 fully saturated rings. The van der Waals surface area contributed by atoms with Crippen LogP contribution in [0.25, 0.3) is 11.3 Å². The predicted octanol–water partition coefficient (Wildman–Crippen LogP) is 4.39. The van der Waals surface area contributed by atoms with Crippen molar-refractivity contribution in [2.24, 2.45) is 0 Å². The molecule has 0 unspecified atom stereocenters. The average Bonchev–Trinajstić information content (AvgIpc) is 3.05. The molecule has 0 aliphatic carbocycles. The van der Waals surface area contributed by atoms with E-state index in [1.165, 1.54) is 7.11 Å². The van der Waals surface area contributed by atoms with Gasteiger partial charge in [0, 0.05) is 17.1 Å². The first-order valence-electron chi connectivity index (χ1n) is 7.30. The van der Waals surface area contributed by atoms with Crippen molar-refractivity contribution in [3.05, 3.63) is 70.7 Å². The number of nitrogens with zero attached hydrogens (tertiary/aromatic N) is 1. The number of hydrogen-bond acceptors (Lipinski definition) is 5. The highest BCUT2D eigenvalue weighted by Crippen LogP contribution is 2.30. The van der Waals surface area contributed by atoms with Crippen LogP contribution in [0.5, 0.6) is 0 Å². The molecule has 5 nitrogen and oxygen atoms in total. The Balaban J connectivity index is 1.92. The smallest absolute Gasteiger partial charge is 0.345 e. The molecule has 0 spiro atoms. The van der Waals surface area contributed by atoms with E-state index in [4.69, 9.17) is 20.9 Å². The van der Waals surface area contributed by atoms with Crippen molar-refractivity contribution in [3.8, 4) is 11.3 Å². The van der Waals surface area contributed by atoms with E-state index >= 15 is 0 Å². The summed E-state index contributed by atoms with van der Waals surface area (Å²) < 4.78 is 10.2. The van der Waals surface area contributed by atoms with Gasteiger partial charge in [0.1, 0.15) is 5.69 Å². The van der Waals surface area contributed by atoms with Gasteiger partial charge >= 0.3 is 5.97 Å². The van der Waals surface area contributed by atoms with Gasteiger partial charge in [-0.25, -0.2) is 4.79 Å². The summed E-state index contributed by atoms with van der Waals surface area (Å²) in [5.41, 5.74) is 2.44. The highest BCUT2D eigenvalue weighted by molar-refractivity contribution is 6.30. The van der Waals surface area contributed by atoms with E-state index in [-0.39, 0.29) is 11.4 Å². The van der Waals surface area contributed by atoms with Crippen molar-refractivity contribution in [1.29, 1.82) is 0 Å².